The number of hydroxylamine groups is 2. The predicted octanol–water partition coefficient (Wildman–Crippen LogP) is 1.43. The fourth-order valence-electron chi connectivity index (χ4n) is 2.30. The van der Waals surface area contributed by atoms with E-state index >= 15 is 0 Å². The molecular formula is C12H15N3O5. The molecule has 0 saturated heterocycles. The summed E-state index contributed by atoms with van der Waals surface area (Å²) in [5.74, 6) is -0.517. The van der Waals surface area contributed by atoms with Crippen LogP contribution in [0.5, 0.6) is 0 Å². The molecule has 0 spiro atoms. The minimum atomic E-state index is -0.803. The molecule has 20 heavy (non-hydrogen) atoms. The molecule has 8 nitrogen and oxygen atoms in total. The second-order valence-electron chi connectivity index (χ2n) is 4.65. The van der Waals surface area contributed by atoms with Gasteiger partial charge in [-0.05, 0) is 37.8 Å². The lowest BCUT2D eigenvalue weighted by molar-refractivity contribution is -0.769. The van der Waals surface area contributed by atoms with Gasteiger partial charge in [-0.2, -0.15) is 0 Å². The summed E-state index contributed by atoms with van der Waals surface area (Å²) in [6.07, 6.45) is 4.25. The first-order chi connectivity index (χ1) is 9.58. The Balaban J connectivity index is 1.90. The van der Waals surface area contributed by atoms with E-state index in [1.807, 2.05) is 0 Å². The number of hydrogen-bond donors (Lipinski definition) is 1. The lowest BCUT2D eigenvalue weighted by Crippen LogP contribution is -2.41. The average Bonchev–Trinajstić information content (AvgIpc) is 2.47. The van der Waals surface area contributed by atoms with Crippen LogP contribution in [0.4, 0.5) is 0 Å². The summed E-state index contributed by atoms with van der Waals surface area (Å²) >= 11 is 0. The van der Waals surface area contributed by atoms with Crippen molar-refractivity contribution in [3.05, 3.63) is 40.2 Å². The molecule has 1 N–H and O–H groups in total. The molecule has 1 amide bonds. The number of pyridine rings is 1. The van der Waals surface area contributed by atoms with Gasteiger partial charge < -0.3 is 4.84 Å². The Hall–Kier alpha value is -2.22. The second kappa shape index (κ2) is 6.29. The Kier molecular flexibility index (Phi) is 4.46. The molecule has 1 heterocycles. The lowest BCUT2D eigenvalue weighted by Gasteiger charge is -2.31. The molecule has 2 rings (SSSR count). The van der Waals surface area contributed by atoms with Crippen LogP contribution < -0.4 is 0 Å². The maximum atomic E-state index is 12.0. The van der Waals surface area contributed by atoms with Crippen molar-refractivity contribution in [3.63, 3.8) is 0 Å². The zero-order valence-corrected chi connectivity index (χ0v) is 10.7. The van der Waals surface area contributed by atoms with Gasteiger partial charge in [0.2, 0.25) is 0 Å². The highest BCUT2D eigenvalue weighted by Crippen LogP contribution is 2.25. The minimum Gasteiger partial charge on any atom is -0.311 e. The normalized spacial score (nSPS) is 22.1. The van der Waals surface area contributed by atoms with E-state index in [0.29, 0.717) is 36.3 Å². The highest BCUT2D eigenvalue weighted by atomic mass is 17.0. The molecule has 0 bridgehead atoms. The van der Waals surface area contributed by atoms with Crippen LogP contribution in [0, 0.1) is 10.1 Å². The molecule has 1 aliphatic rings. The Morgan fingerprint density at radius 3 is 2.70 bits per heavy atom. The van der Waals surface area contributed by atoms with Gasteiger partial charge in [0.15, 0.2) is 0 Å². The number of amides is 1. The van der Waals surface area contributed by atoms with Crippen LogP contribution in [0.3, 0.4) is 0 Å². The summed E-state index contributed by atoms with van der Waals surface area (Å²) in [6.45, 7) is 0. The average molecular weight is 281 g/mol. The van der Waals surface area contributed by atoms with E-state index in [1.165, 1.54) is 6.20 Å². The molecule has 0 radical (unpaired) electrons. The van der Waals surface area contributed by atoms with Gasteiger partial charge in [0.05, 0.1) is 11.6 Å². The zero-order chi connectivity index (χ0) is 14.5. The molecule has 108 valence electrons. The molecular weight excluding hydrogens is 266 g/mol. The lowest BCUT2D eigenvalue weighted by atomic mass is 9.92. The van der Waals surface area contributed by atoms with Gasteiger partial charge in [-0.25, -0.2) is 5.06 Å². The molecule has 0 aliphatic heterocycles. The fraction of sp³-hybridized carbons (Fsp3) is 0.500. The smallest absolute Gasteiger partial charge is 0.294 e. The molecule has 0 unspecified atom stereocenters. The molecule has 1 aromatic rings. The topological polar surface area (TPSA) is 106 Å². The molecule has 8 heteroatoms. The van der Waals surface area contributed by atoms with Crippen molar-refractivity contribution in [2.75, 3.05) is 0 Å². The van der Waals surface area contributed by atoms with Crippen molar-refractivity contribution in [1.82, 2.24) is 10.0 Å². The number of hydrogen-bond acceptors (Lipinski definition) is 6. The highest BCUT2D eigenvalue weighted by molar-refractivity contribution is 5.93. The van der Waals surface area contributed by atoms with Gasteiger partial charge in [0.1, 0.15) is 6.10 Å². The van der Waals surface area contributed by atoms with Crippen LogP contribution >= 0.6 is 0 Å². The van der Waals surface area contributed by atoms with E-state index in [4.69, 9.17) is 0 Å². The Morgan fingerprint density at radius 1 is 1.45 bits per heavy atom. The van der Waals surface area contributed by atoms with Crippen molar-refractivity contribution in [2.45, 2.75) is 37.8 Å². The quantitative estimate of drug-likeness (QED) is 0.508. The Labute approximate surface area is 115 Å². The highest BCUT2D eigenvalue weighted by Gasteiger charge is 2.30. The number of carbonyl (C=O) groups is 1. The first-order valence-electron chi connectivity index (χ1n) is 6.31. The van der Waals surface area contributed by atoms with E-state index in [-0.39, 0.29) is 6.04 Å². The predicted molar refractivity (Wildman–Crippen MR) is 66.3 cm³/mol. The number of rotatable bonds is 4. The summed E-state index contributed by atoms with van der Waals surface area (Å²) < 4.78 is 0. The van der Waals surface area contributed by atoms with Crippen LogP contribution in [-0.4, -0.2) is 38.4 Å². The van der Waals surface area contributed by atoms with Gasteiger partial charge in [0.25, 0.3) is 11.0 Å². The van der Waals surface area contributed by atoms with Crippen molar-refractivity contribution in [2.24, 2.45) is 0 Å². The maximum absolute atomic E-state index is 12.0. The van der Waals surface area contributed by atoms with E-state index in [9.17, 15) is 20.1 Å². The molecule has 1 fully saturated rings. The van der Waals surface area contributed by atoms with Crippen molar-refractivity contribution < 1.29 is 19.9 Å². The van der Waals surface area contributed by atoms with Crippen LogP contribution in [0.2, 0.25) is 0 Å². The van der Waals surface area contributed by atoms with E-state index in [0.717, 1.165) is 0 Å². The molecule has 1 aliphatic carbocycles. The summed E-state index contributed by atoms with van der Waals surface area (Å²) in [4.78, 5) is 30.6. The number of aromatic nitrogens is 1. The van der Waals surface area contributed by atoms with Gasteiger partial charge in [0, 0.05) is 12.4 Å². The first-order valence-corrected chi connectivity index (χ1v) is 6.31. The van der Waals surface area contributed by atoms with Crippen LogP contribution in [0.15, 0.2) is 24.5 Å². The van der Waals surface area contributed by atoms with Crippen LogP contribution in [0.25, 0.3) is 0 Å². The van der Waals surface area contributed by atoms with Gasteiger partial charge >= 0.3 is 0 Å². The maximum Gasteiger partial charge on any atom is 0.294 e. The fourth-order valence-corrected chi connectivity index (χ4v) is 2.30. The molecule has 1 saturated carbocycles. The summed E-state index contributed by atoms with van der Waals surface area (Å²) in [7, 11) is 0. The molecule has 1 aromatic heterocycles. The zero-order valence-electron chi connectivity index (χ0n) is 10.7. The van der Waals surface area contributed by atoms with E-state index in [1.54, 1.807) is 18.3 Å². The second-order valence-corrected chi connectivity index (χ2v) is 4.65. The number of carbonyl (C=O) groups excluding carboxylic acids is 1. The third-order valence-electron chi connectivity index (χ3n) is 3.34. The SMILES string of the molecule is O=C(c1cccnc1)N(O)C1CCC(O[N+](=O)[O-])CC1. The van der Waals surface area contributed by atoms with Gasteiger partial charge in [-0.15, -0.1) is 10.1 Å². The van der Waals surface area contributed by atoms with E-state index in [2.05, 4.69) is 9.82 Å². The van der Waals surface area contributed by atoms with Gasteiger partial charge in [-0.1, -0.05) is 0 Å². The summed E-state index contributed by atoms with van der Waals surface area (Å²) in [5.41, 5.74) is 0.304. The third-order valence-corrected chi connectivity index (χ3v) is 3.34. The monoisotopic (exact) mass is 281 g/mol. The molecule has 0 aromatic carbocycles. The molecule has 0 atom stereocenters. The Bertz CT molecular complexity index is 473. The van der Waals surface area contributed by atoms with Crippen LogP contribution in [-0.2, 0) is 4.84 Å². The largest absolute Gasteiger partial charge is 0.311 e. The van der Waals surface area contributed by atoms with Crippen LogP contribution in [0.1, 0.15) is 36.0 Å². The Morgan fingerprint density at radius 2 is 2.15 bits per heavy atom. The van der Waals surface area contributed by atoms with Gasteiger partial charge in [-0.3, -0.25) is 15.0 Å². The minimum absolute atomic E-state index is 0.304. The first kappa shape index (κ1) is 14.2. The van der Waals surface area contributed by atoms with Crippen molar-refractivity contribution >= 4 is 5.91 Å². The number of nitrogens with zero attached hydrogens (tertiary/aromatic N) is 3. The van der Waals surface area contributed by atoms with Crippen molar-refractivity contribution in [3.8, 4) is 0 Å². The standard InChI is InChI=1S/C12H15N3O5/c16-12(9-2-1-7-13-8-9)14(17)10-3-5-11(6-4-10)20-15(18)19/h1-2,7-8,10-11,17H,3-6H2. The third kappa shape index (κ3) is 3.41. The summed E-state index contributed by atoms with van der Waals surface area (Å²) in [6, 6.07) is 2.83. The summed E-state index contributed by atoms with van der Waals surface area (Å²) in [5, 5.41) is 20.1. The van der Waals surface area contributed by atoms with Crippen molar-refractivity contribution in [1.29, 1.82) is 0 Å². The van der Waals surface area contributed by atoms with E-state index < -0.39 is 17.1 Å².